The van der Waals surface area contributed by atoms with E-state index in [4.69, 9.17) is 5.84 Å². The first-order chi connectivity index (χ1) is 9.51. The zero-order valence-corrected chi connectivity index (χ0v) is 11.2. The van der Waals surface area contributed by atoms with Crippen molar-refractivity contribution in [2.24, 2.45) is 5.84 Å². The van der Waals surface area contributed by atoms with Gasteiger partial charge in [0.05, 0.1) is 12.2 Å². The lowest BCUT2D eigenvalue weighted by Gasteiger charge is -2.19. The number of rotatable bonds is 4. The number of hydrogen-bond acceptors (Lipinski definition) is 5. The SMILES string of the molecule is Cc1cccc(CN(C)c2nc(NN)c(F)cc2F)n1. The summed E-state index contributed by atoms with van der Waals surface area (Å²) < 4.78 is 27.1. The minimum absolute atomic E-state index is 0.00246. The summed E-state index contributed by atoms with van der Waals surface area (Å²) in [4.78, 5) is 9.68. The molecule has 2 aromatic rings. The van der Waals surface area contributed by atoms with Crippen LogP contribution in [0.1, 0.15) is 11.4 Å². The van der Waals surface area contributed by atoms with Gasteiger partial charge in [0.2, 0.25) is 0 Å². The van der Waals surface area contributed by atoms with Crippen LogP contribution in [-0.4, -0.2) is 17.0 Å². The molecule has 0 spiro atoms. The third-order valence-corrected chi connectivity index (χ3v) is 2.75. The molecule has 106 valence electrons. The van der Waals surface area contributed by atoms with Crippen molar-refractivity contribution in [1.29, 1.82) is 0 Å². The normalized spacial score (nSPS) is 10.4. The first-order valence-electron chi connectivity index (χ1n) is 5.97. The van der Waals surface area contributed by atoms with Gasteiger partial charge in [0.25, 0.3) is 0 Å². The topological polar surface area (TPSA) is 67.1 Å². The molecule has 0 aliphatic carbocycles. The average Bonchev–Trinajstić information content (AvgIpc) is 2.38. The van der Waals surface area contributed by atoms with Gasteiger partial charge in [-0.05, 0) is 19.1 Å². The van der Waals surface area contributed by atoms with Crippen LogP contribution < -0.4 is 16.2 Å². The van der Waals surface area contributed by atoms with E-state index in [1.807, 2.05) is 25.1 Å². The van der Waals surface area contributed by atoms with Crippen molar-refractivity contribution in [3.05, 3.63) is 47.3 Å². The van der Waals surface area contributed by atoms with Crippen molar-refractivity contribution in [2.45, 2.75) is 13.5 Å². The van der Waals surface area contributed by atoms with Gasteiger partial charge in [0.1, 0.15) is 0 Å². The number of nitrogens with one attached hydrogen (secondary N) is 1. The number of aromatic nitrogens is 2. The number of halogens is 2. The standard InChI is InChI=1S/C13H15F2N5/c1-8-4-3-5-9(17-8)7-20(2)13-11(15)6-10(14)12(18-13)19-16/h3-6H,7,16H2,1-2H3,(H,18,19). The quantitative estimate of drug-likeness (QED) is 0.661. The van der Waals surface area contributed by atoms with Gasteiger partial charge in [-0.25, -0.2) is 19.6 Å². The molecule has 0 saturated heterocycles. The Balaban J connectivity index is 2.27. The van der Waals surface area contributed by atoms with Crippen LogP contribution >= 0.6 is 0 Å². The predicted molar refractivity (Wildman–Crippen MR) is 73.0 cm³/mol. The number of nitrogen functional groups attached to an aromatic ring is 1. The molecule has 0 amide bonds. The number of anilines is 2. The van der Waals surface area contributed by atoms with Crippen LogP contribution in [0.3, 0.4) is 0 Å². The summed E-state index contributed by atoms with van der Waals surface area (Å²) in [5.74, 6) is 3.35. The van der Waals surface area contributed by atoms with Gasteiger partial charge in [0.15, 0.2) is 23.3 Å². The number of hydrogen-bond donors (Lipinski definition) is 2. The van der Waals surface area contributed by atoms with Gasteiger partial charge in [-0.3, -0.25) is 4.98 Å². The molecule has 0 unspecified atom stereocenters. The Morgan fingerprint density at radius 1 is 1.25 bits per heavy atom. The van der Waals surface area contributed by atoms with E-state index in [1.54, 1.807) is 7.05 Å². The maximum Gasteiger partial charge on any atom is 0.178 e. The van der Waals surface area contributed by atoms with Gasteiger partial charge in [-0.2, -0.15) is 0 Å². The fourth-order valence-electron chi connectivity index (χ4n) is 1.83. The Bertz CT molecular complexity index is 618. The lowest BCUT2D eigenvalue weighted by Crippen LogP contribution is -2.22. The molecule has 3 N–H and O–H groups in total. The second-order valence-corrected chi connectivity index (χ2v) is 4.39. The van der Waals surface area contributed by atoms with Crippen LogP contribution in [0.15, 0.2) is 24.3 Å². The maximum absolute atomic E-state index is 13.8. The minimum Gasteiger partial charge on any atom is -0.351 e. The zero-order valence-electron chi connectivity index (χ0n) is 11.2. The third kappa shape index (κ3) is 3.00. The number of nitrogens with zero attached hydrogens (tertiary/aromatic N) is 3. The van der Waals surface area contributed by atoms with Crippen molar-refractivity contribution < 1.29 is 8.78 Å². The smallest absolute Gasteiger partial charge is 0.178 e. The van der Waals surface area contributed by atoms with E-state index >= 15 is 0 Å². The molecular weight excluding hydrogens is 264 g/mol. The molecule has 7 heteroatoms. The Hall–Kier alpha value is -2.28. The third-order valence-electron chi connectivity index (χ3n) is 2.75. The highest BCUT2D eigenvalue weighted by Crippen LogP contribution is 2.22. The van der Waals surface area contributed by atoms with Crippen LogP contribution in [0.5, 0.6) is 0 Å². The predicted octanol–water partition coefficient (Wildman–Crippen LogP) is 1.99. The number of aryl methyl sites for hydroxylation is 1. The number of nitrogens with two attached hydrogens (primary N) is 1. The fraction of sp³-hybridized carbons (Fsp3) is 0.231. The van der Waals surface area contributed by atoms with E-state index in [-0.39, 0.29) is 11.6 Å². The Labute approximate surface area is 115 Å². The first-order valence-corrected chi connectivity index (χ1v) is 5.97. The lowest BCUT2D eigenvalue weighted by molar-refractivity contribution is 0.572. The zero-order chi connectivity index (χ0) is 14.7. The van der Waals surface area contributed by atoms with E-state index in [2.05, 4.69) is 15.4 Å². The number of hydrazine groups is 1. The second-order valence-electron chi connectivity index (χ2n) is 4.39. The molecule has 2 rings (SSSR count). The van der Waals surface area contributed by atoms with Gasteiger partial charge in [-0.15, -0.1) is 0 Å². The molecule has 20 heavy (non-hydrogen) atoms. The molecule has 5 nitrogen and oxygen atoms in total. The molecule has 0 aliphatic heterocycles. The van der Waals surface area contributed by atoms with Gasteiger partial charge < -0.3 is 10.3 Å². The van der Waals surface area contributed by atoms with Crippen molar-refractivity contribution >= 4 is 11.6 Å². The Morgan fingerprint density at radius 3 is 2.65 bits per heavy atom. The van der Waals surface area contributed by atoms with Crippen LogP contribution in [0, 0.1) is 18.6 Å². The summed E-state index contributed by atoms with van der Waals surface area (Å²) in [6, 6.07) is 6.31. The van der Waals surface area contributed by atoms with E-state index in [0.29, 0.717) is 6.54 Å². The van der Waals surface area contributed by atoms with Crippen molar-refractivity contribution in [3.63, 3.8) is 0 Å². The van der Waals surface area contributed by atoms with Crippen LogP contribution in [0.25, 0.3) is 0 Å². The number of pyridine rings is 2. The second kappa shape index (κ2) is 5.79. The van der Waals surface area contributed by atoms with Crippen molar-refractivity contribution in [1.82, 2.24) is 9.97 Å². The van der Waals surface area contributed by atoms with E-state index < -0.39 is 11.6 Å². The summed E-state index contributed by atoms with van der Waals surface area (Å²) in [6.07, 6.45) is 0. The summed E-state index contributed by atoms with van der Waals surface area (Å²) >= 11 is 0. The highest BCUT2D eigenvalue weighted by Gasteiger charge is 2.15. The van der Waals surface area contributed by atoms with Crippen LogP contribution in [0.2, 0.25) is 0 Å². The summed E-state index contributed by atoms with van der Waals surface area (Å²) in [6.45, 7) is 2.22. The Morgan fingerprint density at radius 2 is 2.00 bits per heavy atom. The van der Waals surface area contributed by atoms with Gasteiger partial charge >= 0.3 is 0 Å². The molecule has 0 fully saturated rings. The van der Waals surface area contributed by atoms with Gasteiger partial charge in [-0.1, -0.05) is 6.07 Å². The van der Waals surface area contributed by atoms with Crippen LogP contribution in [-0.2, 0) is 6.54 Å². The summed E-state index contributed by atoms with van der Waals surface area (Å²) in [5.41, 5.74) is 3.73. The molecule has 0 aromatic carbocycles. The molecule has 2 heterocycles. The molecule has 2 aromatic heterocycles. The highest BCUT2D eigenvalue weighted by molar-refractivity contribution is 5.48. The average molecular weight is 279 g/mol. The highest BCUT2D eigenvalue weighted by atomic mass is 19.1. The van der Waals surface area contributed by atoms with E-state index in [0.717, 1.165) is 17.5 Å². The molecule has 0 bridgehead atoms. The van der Waals surface area contributed by atoms with Crippen LogP contribution in [0.4, 0.5) is 20.4 Å². The van der Waals surface area contributed by atoms with Crippen molar-refractivity contribution in [3.8, 4) is 0 Å². The van der Waals surface area contributed by atoms with E-state index in [9.17, 15) is 8.78 Å². The largest absolute Gasteiger partial charge is 0.351 e. The Kier molecular flexibility index (Phi) is 4.09. The molecule has 0 aliphatic rings. The molecule has 0 saturated carbocycles. The van der Waals surface area contributed by atoms with Crippen molar-refractivity contribution in [2.75, 3.05) is 17.4 Å². The maximum atomic E-state index is 13.8. The summed E-state index contributed by atoms with van der Waals surface area (Å²) in [7, 11) is 1.65. The monoisotopic (exact) mass is 279 g/mol. The summed E-state index contributed by atoms with van der Waals surface area (Å²) in [5, 5.41) is 0. The van der Waals surface area contributed by atoms with E-state index in [1.165, 1.54) is 4.90 Å². The molecular formula is C13H15F2N5. The minimum atomic E-state index is -0.837. The first kappa shape index (κ1) is 14.1. The molecule has 0 atom stereocenters. The van der Waals surface area contributed by atoms with Gasteiger partial charge in [0, 0.05) is 18.8 Å². The lowest BCUT2D eigenvalue weighted by atomic mass is 10.3. The molecule has 0 radical (unpaired) electrons. The fourth-order valence-corrected chi connectivity index (χ4v) is 1.83.